The first kappa shape index (κ1) is 13.5. The number of hydrogen-bond donors (Lipinski definition) is 1. The van der Waals surface area contributed by atoms with Crippen LogP contribution in [-0.4, -0.2) is 20.5 Å². The summed E-state index contributed by atoms with van der Waals surface area (Å²) < 4.78 is 1.74. The number of carbonyl (C=O) groups is 1. The van der Waals surface area contributed by atoms with Crippen molar-refractivity contribution in [3.8, 4) is 0 Å². The fourth-order valence-electron chi connectivity index (χ4n) is 3.41. The molecule has 1 N–H and O–H groups in total. The molecule has 116 valence electrons. The fourth-order valence-corrected chi connectivity index (χ4v) is 3.54. The van der Waals surface area contributed by atoms with E-state index in [1.807, 2.05) is 48.5 Å². The topological polar surface area (TPSA) is 59.8 Å². The van der Waals surface area contributed by atoms with E-state index in [9.17, 15) is 4.79 Å². The molecule has 3 aromatic rings. The number of fused-ring (bicyclic) bond motifs is 3. The molecule has 1 atom stereocenters. The fraction of sp³-hybridized carbons (Fsp3) is 0.0556. The Bertz CT molecular complexity index is 1020. The number of ketones is 1. The van der Waals surface area contributed by atoms with E-state index in [0.717, 1.165) is 16.8 Å². The average molecular weight is 335 g/mol. The Morgan fingerprint density at radius 1 is 1.04 bits per heavy atom. The zero-order valence-corrected chi connectivity index (χ0v) is 13.2. The summed E-state index contributed by atoms with van der Waals surface area (Å²) in [6.45, 7) is 0. The Morgan fingerprint density at radius 3 is 2.58 bits per heavy atom. The molecule has 24 heavy (non-hydrogen) atoms. The van der Waals surface area contributed by atoms with Crippen LogP contribution >= 0.6 is 11.6 Å². The number of halogens is 1. The van der Waals surface area contributed by atoms with Gasteiger partial charge in [-0.1, -0.05) is 48.0 Å². The molecule has 0 fully saturated rings. The van der Waals surface area contributed by atoms with E-state index in [4.69, 9.17) is 11.6 Å². The molecule has 1 unspecified atom stereocenters. The predicted molar refractivity (Wildman–Crippen MR) is 90.9 cm³/mol. The molecule has 1 aromatic heterocycles. The van der Waals surface area contributed by atoms with Gasteiger partial charge < -0.3 is 5.32 Å². The Balaban J connectivity index is 1.77. The van der Waals surface area contributed by atoms with Gasteiger partial charge in [-0.05, 0) is 17.7 Å². The van der Waals surface area contributed by atoms with Crippen LogP contribution in [0.5, 0.6) is 0 Å². The van der Waals surface area contributed by atoms with Crippen LogP contribution in [0.2, 0.25) is 5.02 Å². The van der Waals surface area contributed by atoms with Gasteiger partial charge in [-0.25, -0.2) is 4.68 Å². The lowest BCUT2D eigenvalue weighted by molar-refractivity contribution is 0.102. The summed E-state index contributed by atoms with van der Waals surface area (Å²) >= 11 is 6.02. The number of Topliss-reactive ketones (excluding diaryl/α,β-unsaturated/α-hetero) is 1. The number of allylic oxidation sites excluding steroid dienone is 1. The quantitative estimate of drug-likeness (QED) is 0.739. The normalized spacial score (nSPS) is 18.0. The van der Waals surface area contributed by atoms with Gasteiger partial charge in [0.05, 0.1) is 11.3 Å². The molecule has 0 saturated heterocycles. The summed E-state index contributed by atoms with van der Waals surface area (Å²) in [5.74, 6) is 0.646. The molecule has 0 spiro atoms. The molecular formula is C18H11ClN4O. The molecule has 0 saturated carbocycles. The third kappa shape index (κ3) is 1.73. The van der Waals surface area contributed by atoms with Crippen molar-refractivity contribution in [2.75, 3.05) is 5.32 Å². The zero-order chi connectivity index (χ0) is 16.3. The van der Waals surface area contributed by atoms with Crippen LogP contribution < -0.4 is 5.32 Å². The number of benzene rings is 2. The van der Waals surface area contributed by atoms with Crippen molar-refractivity contribution in [3.05, 3.63) is 82.1 Å². The van der Waals surface area contributed by atoms with Crippen LogP contribution in [0.3, 0.4) is 0 Å². The smallest absolute Gasteiger partial charge is 0.226 e. The maximum Gasteiger partial charge on any atom is 0.226 e. The van der Waals surface area contributed by atoms with Crippen molar-refractivity contribution in [1.29, 1.82) is 0 Å². The first-order chi connectivity index (χ1) is 11.7. The second-order valence-electron chi connectivity index (χ2n) is 5.77. The molecular weight excluding hydrogens is 324 g/mol. The van der Waals surface area contributed by atoms with Crippen LogP contribution in [0.1, 0.15) is 27.5 Å². The van der Waals surface area contributed by atoms with Crippen LogP contribution in [0.25, 0.3) is 5.70 Å². The Kier molecular flexibility index (Phi) is 2.69. The highest BCUT2D eigenvalue weighted by Crippen LogP contribution is 2.44. The maximum atomic E-state index is 13.0. The third-order valence-electron chi connectivity index (χ3n) is 4.47. The third-order valence-corrected chi connectivity index (χ3v) is 4.72. The van der Waals surface area contributed by atoms with Crippen LogP contribution in [-0.2, 0) is 0 Å². The average Bonchev–Trinajstić information content (AvgIpc) is 3.18. The van der Waals surface area contributed by atoms with E-state index in [-0.39, 0.29) is 11.8 Å². The summed E-state index contributed by atoms with van der Waals surface area (Å²) in [6, 6.07) is 14.8. The van der Waals surface area contributed by atoms with E-state index >= 15 is 0 Å². The minimum Gasteiger partial charge on any atom is -0.323 e. The second kappa shape index (κ2) is 4.79. The lowest BCUT2D eigenvalue weighted by Crippen LogP contribution is -2.25. The molecule has 0 bridgehead atoms. The number of hydrogen-bond acceptors (Lipinski definition) is 4. The van der Waals surface area contributed by atoms with Gasteiger partial charge in [0.1, 0.15) is 12.4 Å². The van der Waals surface area contributed by atoms with Crippen molar-refractivity contribution < 1.29 is 4.79 Å². The van der Waals surface area contributed by atoms with Gasteiger partial charge in [-0.2, -0.15) is 10.1 Å². The SMILES string of the molecule is O=C1C2=C(Nc3ncnn3C2c2ccc(Cl)cc2)c2ccccc21. The molecule has 2 aromatic carbocycles. The number of aromatic nitrogens is 3. The van der Waals surface area contributed by atoms with Gasteiger partial charge >= 0.3 is 0 Å². The number of rotatable bonds is 1. The maximum absolute atomic E-state index is 13.0. The van der Waals surface area contributed by atoms with Crippen LogP contribution in [0, 0.1) is 0 Å². The zero-order valence-electron chi connectivity index (χ0n) is 12.4. The van der Waals surface area contributed by atoms with Crippen LogP contribution in [0.15, 0.2) is 60.4 Å². The Labute approximate surface area is 142 Å². The van der Waals surface area contributed by atoms with Gasteiger partial charge in [0.25, 0.3) is 0 Å². The summed E-state index contributed by atoms with van der Waals surface area (Å²) in [5, 5.41) is 8.23. The minimum absolute atomic E-state index is 0.0224. The first-order valence-electron chi connectivity index (χ1n) is 7.54. The second-order valence-corrected chi connectivity index (χ2v) is 6.21. The molecule has 0 radical (unpaired) electrons. The molecule has 1 aliphatic heterocycles. The van der Waals surface area contributed by atoms with Gasteiger partial charge in [-0.15, -0.1) is 0 Å². The molecule has 1 aliphatic carbocycles. The van der Waals surface area contributed by atoms with E-state index < -0.39 is 0 Å². The lowest BCUT2D eigenvalue weighted by atomic mass is 9.94. The van der Waals surface area contributed by atoms with E-state index in [0.29, 0.717) is 22.1 Å². The van der Waals surface area contributed by atoms with Crippen molar-refractivity contribution in [1.82, 2.24) is 14.8 Å². The van der Waals surface area contributed by atoms with Crippen molar-refractivity contribution >= 4 is 29.0 Å². The van der Waals surface area contributed by atoms with Gasteiger partial charge in [0.15, 0.2) is 5.78 Å². The molecule has 2 aliphatic rings. The largest absolute Gasteiger partial charge is 0.323 e. The molecule has 5 rings (SSSR count). The molecule has 0 amide bonds. The highest BCUT2D eigenvalue weighted by Gasteiger charge is 2.40. The van der Waals surface area contributed by atoms with Gasteiger partial charge in [0, 0.05) is 16.1 Å². The summed E-state index contributed by atoms with van der Waals surface area (Å²) in [6.07, 6.45) is 1.49. The monoisotopic (exact) mass is 334 g/mol. The Morgan fingerprint density at radius 2 is 1.79 bits per heavy atom. The van der Waals surface area contributed by atoms with Crippen molar-refractivity contribution in [2.45, 2.75) is 6.04 Å². The summed E-state index contributed by atoms with van der Waals surface area (Å²) in [7, 11) is 0. The molecule has 2 heterocycles. The first-order valence-corrected chi connectivity index (χ1v) is 7.92. The number of carbonyl (C=O) groups excluding carboxylic acids is 1. The predicted octanol–water partition coefficient (Wildman–Crippen LogP) is 3.55. The van der Waals surface area contributed by atoms with E-state index in [2.05, 4.69) is 15.4 Å². The summed E-state index contributed by atoms with van der Waals surface area (Å²) in [4.78, 5) is 17.3. The highest BCUT2D eigenvalue weighted by atomic mass is 35.5. The lowest BCUT2D eigenvalue weighted by Gasteiger charge is -2.26. The van der Waals surface area contributed by atoms with E-state index in [1.165, 1.54) is 6.33 Å². The molecule has 5 nitrogen and oxygen atoms in total. The number of nitrogens with one attached hydrogen (secondary N) is 1. The Hall–Kier alpha value is -2.92. The molecule has 6 heteroatoms. The standard InChI is InChI=1S/C18H11ClN4O/c19-11-7-5-10(6-8-11)16-14-15(22-18-20-9-21-23(16)18)12-3-1-2-4-13(12)17(14)24/h1-9,16H,(H,20,21,22). The van der Waals surface area contributed by atoms with Gasteiger partial charge in [0.2, 0.25) is 5.95 Å². The minimum atomic E-state index is -0.323. The number of nitrogens with zero attached hydrogens (tertiary/aromatic N) is 3. The van der Waals surface area contributed by atoms with Crippen molar-refractivity contribution in [2.24, 2.45) is 0 Å². The highest BCUT2D eigenvalue weighted by molar-refractivity contribution is 6.30. The summed E-state index contributed by atoms with van der Waals surface area (Å²) in [5.41, 5.74) is 4.07. The van der Waals surface area contributed by atoms with Crippen LogP contribution in [0.4, 0.5) is 5.95 Å². The number of anilines is 1. The van der Waals surface area contributed by atoms with Crippen molar-refractivity contribution in [3.63, 3.8) is 0 Å². The van der Waals surface area contributed by atoms with E-state index in [1.54, 1.807) is 4.68 Å². The van der Waals surface area contributed by atoms with Gasteiger partial charge in [-0.3, -0.25) is 4.79 Å².